The summed E-state index contributed by atoms with van der Waals surface area (Å²) in [6, 6.07) is 20.7. The second kappa shape index (κ2) is 18.8. The highest BCUT2D eigenvalue weighted by Gasteiger charge is 2.29. The summed E-state index contributed by atoms with van der Waals surface area (Å²) in [4.78, 5) is 90.3. The molecular weight excluding hydrogens is 909 g/mol. The van der Waals surface area contributed by atoms with Crippen LogP contribution in [-0.2, 0) is 0 Å². The van der Waals surface area contributed by atoms with E-state index in [2.05, 4.69) is 13.8 Å². The number of nitro groups is 2. The number of carbonyl (C=O) groups is 2. The second-order valence-electron chi connectivity index (χ2n) is 19.8. The highest BCUT2D eigenvalue weighted by atomic mass is 16.6. The normalized spacial score (nSPS) is 12.4. The molecule has 0 aliphatic heterocycles. The molecule has 4 aromatic heterocycles. The minimum Gasteiger partial charge on any atom is -0.294 e. The monoisotopic (exact) mass is 962 g/mol. The van der Waals surface area contributed by atoms with Crippen molar-refractivity contribution < 1.29 is 19.4 Å². The fourth-order valence-corrected chi connectivity index (χ4v) is 11.7. The number of fused-ring (bicyclic) bond motifs is 10. The number of benzene rings is 7. The zero-order valence-electron chi connectivity index (χ0n) is 40.6. The molecule has 0 atom stereocenters. The van der Waals surface area contributed by atoms with Gasteiger partial charge in [-0.3, -0.25) is 48.2 Å². The lowest BCUT2D eigenvalue weighted by Gasteiger charge is -2.18. The van der Waals surface area contributed by atoms with Gasteiger partial charge in [0.1, 0.15) is 11.3 Å². The summed E-state index contributed by atoms with van der Waals surface area (Å²) >= 11 is 0. The van der Waals surface area contributed by atoms with Crippen LogP contribution in [0.2, 0.25) is 0 Å². The summed E-state index contributed by atoms with van der Waals surface area (Å²) in [6.45, 7) is 4.36. The Kier molecular flexibility index (Phi) is 12.2. The van der Waals surface area contributed by atoms with Crippen LogP contribution < -0.4 is 11.1 Å². The average Bonchev–Trinajstić information content (AvgIpc) is 3.96. The highest BCUT2D eigenvalue weighted by molar-refractivity contribution is 6.40. The van der Waals surface area contributed by atoms with Crippen LogP contribution in [-0.4, -0.2) is 40.2 Å². The summed E-state index contributed by atoms with van der Waals surface area (Å²) in [7, 11) is 0. The lowest BCUT2D eigenvalue weighted by Crippen LogP contribution is -2.14. The van der Waals surface area contributed by atoms with Gasteiger partial charge in [-0.15, -0.1) is 0 Å². The lowest BCUT2D eigenvalue weighted by molar-refractivity contribution is -0.385. The van der Waals surface area contributed by atoms with Gasteiger partial charge < -0.3 is 0 Å². The smallest absolute Gasteiger partial charge is 0.282 e. The molecule has 14 heteroatoms. The Morgan fingerprint density at radius 1 is 0.444 bits per heavy atom. The Labute approximate surface area is 411 Å². The minimum atomic E-state index is -0.554. The van der Waals surface area contributed by atoms with Crippen molar-refractivity contribution in [3.05, 3.63) is 125 Å². The number of imidazole rings is 2. The summed E-state index contributed by atoms with van der Waals surface area (Å²) in [5, 5.41) is 33.4. The summed E-state index contributed by atoms with van der Waals surface area (Å²) < 4.78 is 2.94. The van der Waals surface area contributed by atoms with Crippen LogP contribution in [0.15, 0.2) is 82.4 Å². The molecule has 0 radical (unpaired) electrons. The maximum Gasteiger partial charge on any atom is 0.282 e. The first-order valence-corrected chi connectivity index (χ1v) is 25.8. The van der Waals surface area contributed by atoms with Gasteiger partial charge in [0.15, 0.2) is 11.6 Å². The number of rotatable bonds is 22. The Balaban J connectivity index is 1.01. The molecule has 0 fully saturated rings. The number of ketones is 2. The number of nitro benzene ring substituents is 2. The van der Waals surface area contributed by atoms with E-state index in [1.807, 2.05) is 36.4 Å². The number of pyridine rings is 2. The van der Waals surface area contributed by atoms with Crippen molar-refractivity contribution in [1.82, 2.24) is 18.8 Å². The van der Waals surface area contributed by atoms with Crippen LogP contribution in [0.3, 0.4) is 0 Å². The first-order valence-electron chi connectivity index (χ1n) is 25.8. The summed E-state index contributed by atoms with van der Waals surface area (Å²) in [5.74, 6) is -0.668. The Bertz CT molecular complexity index is 3850. The van der Waals surface area contributed by atoms with Gasteiger partial charge in [-0.2, -0.15) is 0 Å². The Hall–Kier alpha value is -7.74. The second-order valence-corrected chi connectivity index (χ2v) is 19.8. The van der Waals surface area contributed by atoms with Crippen LogP contribution in [0.5, 0.6) is 0 Å². The van der Waals surface area contributed by atoms with E-state index in [4.69, 9.17) is 9.97 Å². The van der Waals surface area contributed by atoms with Gasteiger partial charge in [0.2, 0.25) is 0 Å². The third-order valence-corrected chi connectivity index (χ3v) is 15.3. The lowest BCUT2D eigenvalue weighted by atomic mass is 9.86. The predicted octanol–water partition coefficient (Wildman–Crippen LogP) is 14.5. The van der Waals surface area contributed by atoms with Crippen molar-refractivity contribution in [2.45, 2.75) is 129 Å². The van der Waals surface area contributed by atoms with Gasteiger partial charge in [0.25, 0.3) is 22.5 Å². The van der Waals surface area contributed by atoms with E-state index in [1.54, 1.807) is 12.1 Å². The molecule has 0 saturated carbocycles. The molecule has 0 saturated heterocycles. The number of nitrogens with zero attached hydrogens (tertiary/aromatic N) is 6. The van der Waals surface area contributed by atoms with Gasteiger partial charge in [-0.05, 0) is 81.6 Å². The molecule has 0 aliphatic rings. The van der Waals surface area contributed by atoms with E-state index in [0.29, 0.717) is 67.5 Å². The van der Waals surface area contributed by atoms with Crippen molar-refractivity contribution in [1.29, 1.82) is 0 Å². The highest BCUT2D eigenvalue weighted by Crippen LogP contribution is 2.46. The van der Waals surface area contributed by atoms with Crippen molar-refractivity contribution in [2.75, 3.05) is 0 Å². The fourth-order valence-electron chi connectivity index (χ4n) is 11.7. The number of hydrogen-bond acceptors (Lipinski definition) is 10. The fraction of sp³-hybridized carbons (Fsp3) is 0.345. The molecule has 0 N–H and O–H groups in total. The van der Waals surface area contributed by atoms with E-state index in [9.17, 15) is 39.4 Å². The van der Waals surface area contributed by atoms with Crippen LogP contribution >= 0.6 is 0 Å². The first kappa shape index (κ1) is 46.6. The molecule has 364 valence electrons. The molecule has 4 heterocycles. The minimum absolute atomic E-state index is 0.0295. The third-order valence-electron chi connectivity index (χ3n) is 15.3. The molecule has 0 unspecified atom stereocenters. The quantitative estimate of drug-likeness (QED) is 0.0158. The Morgan fingerprint density at radius 2 is 0.750 bits per heavy atom. The zero-order valence-corrected chi connectivity index (χ0v) is 40.6. The largest absolute Gasteiger partial charge is 0.294 e. The summed E-state index contributed by atoms with van der Waals surface area (Å²) in [6.07, 6.45) is 17.0. The molecule has 72 heavy (non-hydrogen) atoms. The molecule has 0 bridgehead atoms. The zero-order chi connectivity index (χ0) is 49.9. The number of hydrogen-bond donors (Lipinski definition) is 0. The number of carbonyl (C=O) groups excluding carboxylic acids is 2. The van der Waals surface area contributed by atoms with Gasteiger partial charge >= 0.3 is 0 Å². The van der Waals surface area contributed by atoms with Gasteiger partial charge in [0, 0.05) is 57.3 Å². The van der Waals surface area contributed by atoms with Crippen molar-refractivity contribution in [2.24, 2.45) is 0 Å². The third kappa shape index (κ3) is 7.52. The standard InChI is InChI=1S/C58H54N6O8/c1-3-5-7-9-11-13-15-17-19-49(65)41-29-47-43(31-45(41)63(69)70)59-55-37-25-21-33-36-24-28-40-54-38(26-22-34(52(36)54)35-23-27-39(53(37)51(33)35)57(67)61(47)55)56-60-44-32-46(64(71)72)42(30-48(44)62(56)58(40)68)50(66)20-18-16-14-12-10-8-6-4-2/h21-32H,3-20H2,1-2H3. The number of Topliss-reactive ketones (excluding diaryl/α,β-unsaturated/α-hetero) is 2. The van der Waals surface area contributed by atoms with Gasteiger partial charge in [-0.1, -0.05) is 128 Å². The molecular formula is C58H54N6O8. The van der Waals surface area contributed by atoms with Gasteiger partial charge in [0.05, 0.1) is 43.0 Å². The number of unbranched alkanes of at least 4 members (excludes halogenated alkanes) is 14. The average molecular weight is 963 g/mol. The molecule has 14 nitrogen and oxygen atoms in total. The van der Waals surface area contributed by atoms with Crippen LogP contribution in [0.25, 0.3) is 98.0 Å². The van der Waals surface area contributed by atoms with Crippen molar-refractivity contribution in [3.63, 3.8) is 0 Å². The van der Waals surface area contributed by atoms with Crippen molar-refractivity contribution >= 4 is 121 Å². The first-order chi connectivity index (χ1) is 35.0. The van der Waals surface area contributed by atoms with Crippen LogP contribution in [0.1, 0.15) is 150 Å². The topological polar surface area (TPSA) is 189 Å². The van der Waals surface area contributed by atoms with Gasteiger partial charge in [-0.25, -0.2) is 9.97 Å². The SMILES string of the molecule is CCCCCCCCCCC(=O)c1cc2c(cc1[N+](=O)[O-])nc1c3ccc4c5ccc6c(=O)n7c8cc(C(=O)CCCCCCCCCC)c([N+](=O)[O-])cc8nc7c7ccc(c8ccc(c(=O)n21)c3c84)c5c67. The number of aromatic nitrogens is 4. The van der Waals surface area contributed by atoms with Crippen LogP contribution in [0.4, 0.5) is 11.4 Å². The molecule has 11 aromatic rings. The maximum atomic E-state index is 14.8. The molecule has 0 amide bonds. The van der Waals surface area contributed by atoms with E-state index in [-0.39, 0.29) is 69.1 Å². The van der Waals surface area contributed by atoms with E-state index in [1.165, 1.54) is 71.6 Å². The predicted molar refractivity (Wildman–Crippen MR) is 287 cm³/mol. The van der Waals surface area contributed by atoms with Crippen LogP contribution in [0, 0.1) is 20.2 Å². The van der Waals surface area contributed by atoms with E-state index < -0.39 is 9.85 Å². The summed E-state index contributed by atoms with van der Waals surface area (Å²) in [5.41, 5.74) is 0.337. The molecule has 7 aromatic carbocycles. The van der Waals surface area contributed by atoms with E-state index in [0.717, 1.165) is 83.7 Å². The van der Waals surface area contributed by atoms with E-state index >= 15 is 0 Å². The maximum absolute atomic E-state index is 14.8. The van der Waals surface area contributed by atoms with Crippen molar-refractivity contribution in [3.8, 4) is 0 Å². The molecule has 11 rings (SSSR count). The molecule has 0 spiro atoms. The Morgan fingerprint density at radius 3 is 1.10 bits per heavy atom. The molecule has 0 aliphatic carbocycles.